The summed E-state index contributed by atoms with van der Waals surface area (Å²) >= 11 is 0. The lowest BCUT2D eigenvalue weighted by molar-refractivity contribution is 0.329. The van der Waals surface area contributed by atoms with E-state index in [1.54, 1.807) is 16.6 Å². The van der Waals surface area contributed by atoms with Gasteiger partial charge < -0.3 is 5.32 Å². The van der Waals surface area contributed by atoms with Crippen molar-refractivity contribution in [2.24, 2.45) is 0 Å². The molecule has 7 heteroatoms. The smallest absolute Gasteiger partial charge is 0.216 e. The number of fused-ring (bicyclic) bond motifs is 1. The molecular formula is C17H20FN3O2S. The average molecular weight is 349 g/mol. The Bertz CT molecular complexity index is 859. The van der Waals surface area contributed by atoms with E-state index >= 15 is 0 Å². The van der Waals surface area contributed by atoms with Gasteiger partial charge in [-0.2, -0.15) is 0 Å². The minimum atomic E-state index is -3.07. The van der Waals surface area contributed by atoms with Crippen LogP contribution in [0.5, 0.6) is 0 Å². The zero-order valence-electron chi connectivity index (χ0n) is 13.3. The number of nitrogens with one attached hydrogen (secondary N) is 1. The fourth-order valence-electron chi connectivity index (χ4n) is 3.30. The van der Waals surface area contributed by atoms with Crippen LogP contribution in [-0.2, 0) is 10.0 Å². The number of hydrogen-bond acceptors (Lipinski definition) is 4. The Morgan fingerprint density at radius 3 is 2.58 bits per heavy atom. The summed E-state index contributed by atoms with van der Waals surface area (Å²) in [5.74, 6) is -0.300. The number of aromatic nitrogens is 1. The van der Waals surface area contributed by atoms with Crippen molar-refractivity contribution in [2.75, 3.05) is 18.4 Å². The van der Waals surface area contributed by atoms with Crippen LogP contribution in [0.3, 0.4) is 0 Å². The number of anilines is 1. The highest BCUT2D eigenvalue weighted by Gasteiger charge is 2.41. The van der Waals surface area contributed by atoms with Gasteiger partial charge in [0.25, 0.3) is 0 Å². The minimum Gasteiger partial charge on any atom is -0.382 e. The first kappa shape index (κ1) is 15.8. The second kappa shape index (κ2) is 5.97. The molecule has 2 fully saturated rings. The SMILES string of the molecule is O=S(=O)(C1CC1)N1CCC(Nc2ccnc3cc(F)ccc23)CC1. The van der Waals surface area contributed by atoms with Crippen LogP contribution in [0.2, 0.25) is 0 Å². The third kappa shape index (κ3) is 2.98. The summed E-state index contributed by atoms with van der Waals surface area (Å²) in [6.45, 7) is 1.13. The Labute approximate surface area is 140 Å². The number of nitrogens with zero attached hydrogens (tertiary/aromatic N) is 2. The normalized spacial score (nSPS) is 20.4. The van der Waals surface area contributed by atoms with Gasteiger partial charge in [0, 0.05) is 42.5 Å². The molecule has 0 radical (unpaired) electrons. The van der Waals surface area contributed by atoms with Gasteiger partial charge in [-0.25, -0.2) is 17.1 Å². The van der Waals surface area contributed by atoms with E-state index in [0.29, 0.717) is 18.6 Å². The van der Waals surface area contributed by atoms with E-state index in [9.17, 15) is 12.8 Å². The van der Waals surface area contributed by atoms with E-state index < -0.39 is 10.0 Å². The van der Waals surface area contributed by atoms with E-state index in [2.05, 4.69) is 10.3 Å². The molecule has 2 aliphatic rings. The molecule has 128 valence electrons. The number of sulfonamides is 1. The van der Waals surface area contributed by atoms with Crippen LogP contribution < -0.4 is 5.32 Å². The average Bonchev–Trinajstić information content (AvgIpc) is 3.41. The van der Waals surface area contributed by atoms with Gasteiger partial charge in [-0.05, 0) is 43.9 Å². The highest BCUT2D eigenvalue weighted by Crippen LogP contribution is 2.33. The van der Waals surface area contributed by atoms with Gasteiger partial charge in [-0.15, -0.1) is 0 Å². The van der Waals surface area contributed by atoms with E-state index in [1.165, 1.54) is 12.1 Å². The minimum absolute atomic E-state index is 0.138. The van der Waals surface area contributed by atoms with Crippen molar-refractivity contribution in [1.82, 2.24) is 9.29 Å². The van der Waals surface area contributed by atoms with Crippen LogP contribution in [0.1, 0.15) is 25.7 Å². The van der Waals surface area contributed by atoms with Crippen molar-refractivity contribution in [1.29, 1.82) is 0 Å². The molecule has 0 unspecified atom stereocenters. The van der Waals surface area contributed by atoms with Crippen LogP contribution in [0.25, 0.3) is 10.9 Å². The van der Waals surface area contributed by atoms with Gasteiger partial charge in [0.15, 0.2) is 0 Å². The number of piperidine rings is 1. The molecule has 1 aliphatic heterocycles. The number of pyridine rings is 1. The third-order valence-electron chi connectivity index (χ3n) is 4.82. The quantitative estimate of drug-likeness (QED) is 0.922. The summed E-state index contributed by atoms with van der Waals surface area (Å²) in [5.41, 5.74) is 1.54. The Morgan fingerprint density at radius 2 is 1.88 bits per heavy atom. The lowest BCUT2D eigenvalue weighted by atomic mass is 10.1. The third-order valence-corrected chi connectivity index (χ3v) is 7.22. The summed E-state index contributed by atoms with van der Waals surface area (Å²) in [7, 11) is -3.07. The molecule has 0 atom stereocenters. The Kier molecular flexibility index (Phi) is 3.92. The Balaban J connectivity index is 1.46. The lowest BCUT2D eigenvalue weighted by Gasteiger charge is -2.32. The van der Waals surface area contributed by atoms with Crippen LogP contribution in [0, 0.1) is 5.82 Å². The van der Waals surface area contributed by atoms with E-state index in [0.717, 1.165) is 36.8 Å². The molecule has 1 aromatic heterocycles. The number of benzene rings is 1. The van der Waals surface area contributed by atoms with E-state index in [4.69, 9.17) is 0 Å². The highest BCUT2D eigenvalue weighted by atomic mass is 32.2. The summed E-state index contributed by atoms with van der Waals surface area (Å²) < 4.78 is 39.5. The Hall–Kier alpha value is -1.73. The van der Waals surface area contributed by atoms with Gasteiger partial charge in [-0.1, -0.05) is 0 Å². The van der Waals surface area contributed by atoms with Crippen molar-refractivity contribution in [3.63, 3.8) is 0 Å². The van der Waals surface area contributed by atoms with Gasteiger partial charge >= 0.3 is 0 Å². The summed E-state index contributed by atoms with van der Waals surface area (Å²) in [6, 6.07) is 6.68. The van der Waals surface area contributed by atoms with Gasteiger partial charge in [-0.3, -0.25) is 4.98 Å². The number of halogens is 1. The van der Waals surface area contributed by atoms with E-state index in [-0.39, 0.29) is 17.1 Å². The lowest BCUT2D eigenvalue weighted by Crippen LogP contribution is -2.43. The maximum absolute atomic E-state index is 13.3. The molecule has 1 saturated carbocycles. The number of hydrogen-bond donors (Lipinski definition) is 1. The second-order valence-electron chi connectivity index (χ2n) is 6.58. The summed E-state index contributed by atoms with van der Waals surface area (Å²) in [5, 5.41) is 4.22. The van der Waals surface area contributed by atoms with Crippen molar-refractivity contribution in [3.05, 3.63) is 36.3 Å². The predicted octanol–water partition coefficient (Wildman–Crippen LogP) is 2.74. The zero-order valence-corrected chi connectivity index (χ0v) is 14.1. The maximum Gasteiger partial charge on any atom is 0.216 e. The number of rotatable bonds is 4. The molecule has 1 N–H and O–H groups in total. The van der Waals surface area contributed by atoms with Crippen LogP contribution in [-0.4, -0.2) is 42.1 Å². The summed E-state index contributed by atoms with van der Waals surface area (Å²) in [6.07, 6.45) is 4.82. The first-order chi connectivity index (χ1) is 11.5. The standard InChI is InChI=1S/C17H20FN3O2S/c18-12-1-4-15-16(5-8-19-17(15)11-12)20-13-6-9-21(10-7-13)24(22,23)14-2-3-14/h1,4-5,8,11,13-14H,2-3,6-7,9-10H2,(H,19,20). The molecule has 0 amide bonds. The zero-order chi connectivity index (χ0) is 16.7. The van der Waals surface area contributed by atoms with Gasteiger partial charge in [0.1, 0.15) is 5.82 Å². The van der Waals surface area contributed by atoms with Crippen molar-refractivity contribution in [2.45, 2.75) is 37.0 Å². The Morgan fingerprint density at radius 1 is 1.12 bits per heavy atom. The molecule has 2 aromatic rings. The van der Waals surface area contributed by atoms with Crippen molar-refractivity contribution in [3.8, 4) is 0 Å². The summed E-state index contributed by atoms with van der Waals surface area (Å²) in [4.78, 5) is 4.20. The van der Waals surface area contributed by atoms with E-state index in [1.807, 2.05) is 6.07 Å². The van der Waals surface area contributed by atoms with Gasteiger partial charge in [0.05, 0.1) is 10.8 Å². The molecule has 2 heterocycles. The molecule has 1 aromatic carbocycles. The molecular weight excluding hydrogens is 329 g/mol. The molecule has 0 bridgehead atoms. The van der Waals surface area contributed by atoms with Crippen LogP contribution >= 0.6 is 0 Å². The topological polar surface area (TPSA) is 62.3 Å². The second-order valence-corrected chi connectivity index (χ2v) is 8.79. The molecule has 24 heavy (non-hydrogen) atoms. The highest BCUT2D eigenvalue weighted by molar-refractivity contribution is 7.90. The molecule has 4 rings (SSSR count). The monoisotopic (exact) mass is 349 g/mol. The molecule has 0 spiro atoms. The van der Waals surface area contributed by atoms with Crippen LogP contribution in [0.15, 0.2) is 30.5 Å². The van der Waals surface area contributed by atoms with Crippen molar-refractivity contribution >= 4 is 26.6 Å². The molecule has 1 aliphatic carbocycles. The van der Waals surface area contributed by atoms with Gasteiger partial charge in [0.2, 0.25) is 10.0 Å². The largest absolute Gasteiger partial charge is 0.382 e. The maximum atomic E-state index is 13.3. The van der Waals surface area contributed by atoms with Crippen LogP contribution in [0.4, 0.5) is 10.1 Å². The molecule has 5 nitrogen and oxygen atoms in total. The fourth-order valence-corrected chi connectivity index (χ4v) is 5.17. The fraction of sp³-hybridized carbons (Fsp3) is 0.471. The first-order valence-electron chi connectivity index (χ1n) is 8.34. The first-order valence-corrected chi connectivity index (χ1v) is 9.84. The molecule has 1 saturated heterocycles. The van der Waals surface area contributed by atoms with Crippen molar-refractivity contribution < 1.29 is 12.8 Å². The predicted molar refractivity (Wildman–Crippen MR) is 91.9 cm³/mol.